The van der Waals surface area contributed by atoms with Crippen LogP contribution >= 0.6 is 11.6 Å². The van der Waals surface area contributed by atoms with Gasteiger partial charge in [-0.25, -0.2) is 15.0 Å². The third-order valence-corrected chi connectivity index (χ3v) is 3.29. The van der Waals surface area contributed by atoms with Crippen LogP contribution in [-0.2, 0) is 6.54 Å². The summed E-state index contributed by atoms with van der Waals surface area (Å²) in [6, 6.07) is 5.73. The van der Waals surface area contributed by atoms with E-state index in [9.17, 15) is 0 Å². The number of hydrogen-bond acceptors (Lipinski definition) is 5. The highest BCUT2D eigenvalue weighted by Gasteiger charge is 2.04. The molecule has 0 aromatic carbocycles. The average Bonchev–Trinajstić information content (AvgIpc) is 2.87. The molecular formula is C14H15ClN6. The van der Waals surface area contributed by atoms with E-state index in [1.807, 2.05) is 43.0 Å². The lowest BCUT2D eigenvalue weighted by molar-refractivity contribution is 1.04. The summed E-state index contributed by atoms with van der Waals surface area (Å²) in [5.74, 6) is 0.682. The molecule has 3 aromatic rings. The van der Waals surface area contributed by atoms with Gasteiger partial charge >= 0.3 is 0 Å². The molecule has 3 heterocycles. The fourth-order valence-electron chi connectivity index (χ4n) is 1.99. The van der Waals surface area contributed by atoms with Gasteiger partial charge in [0.25, 0.3) is 0 Å². The highest BCUT2D eigenvalue weighted by Crippen LogP contribution is 2.15. The van der Waals surface area contributed by atoms with E-state index in [0.717, 1.165) is 17.0 Å². The molecule has 0 aliphatic rings. The topological polar surface area (TPSA) is 58.4 Å². The van der Waals surface area contributed by atoms with Crippen LogP contribution in [0.2, 0.25) is 5.15 Å². The largest absolute Gasteiger partial charge is 0.376 e. The molecule has 21 heavy (non-hydrogen) atoms. The lowest BCUT2D eigenvalue weighted by atomic mass is 10.4. The van der Waals surface area contributed by atoms with E-state index < -0.39 is 0 Å². The van der Waals surface area contributed by atoms with E-state index in [1.165, 1.54) is 6.33 Å². The zero-order valence-electron chi connectivity index (χ0n) is 11.8. The molecule has 0 fully saturated rings. The summed E-state index contributed by atoms with van der Waals surface area (Å²) in [6.45, 7) is 0.576. The van der Waals surface area contributed by atoms with Crippen LogP contribution in [-0.4, -0.2) is 33.4 Å². The number of rotatable bonds is 4. The molecule has 0 saturated carbocycles. The summed E-state index contributed by atoms with van der Waals surface area (Å²) < 4.78 is 2.01. The fourth-order valence-corrected chi connectivity index (χ4v) is 2.14. The number of imidazole rings is 1. The van der Waals surface area contributed by atoms with Crippen molar-refractivity contribution in [3.05, 3.63) is 47.8 Å². The second-order valence-electron chi connectivity index (χ2n) is 4.86. The summed E-state index contributed by atoms with van der Waals surface area (Å²) >= 11 is 5.82. The summed E-state index contributed by atoms with van der Waals surface area (Å²) in [7, 11) is 4.03. The van der Waals surface area contributed by atoms with Crippen LogP contribution in [0, 0.1) is 0 Å². The summed E-state index contributed by atoms with van der Waals surface area (Å²) in [6.07, 6.45) is 5.48. The maximum Gasteiger partial charge on any atom is 0.137 e. The first kappa shape index (κ1) is 13.6. The summed E-state index contributed by atoms with van der Waals surface area (Å²) in [5, 5.41) is 3.59. The standard InChI is InChI=1S/C14H15ClN6/c1-20(2)11-3-4-14-19-10(7-21(14)8-11)6-16-13-5-12(15)17-9-18-13/h3-5,7-9H,6H2,1-2H3,(H,16,17,18). The molecule has 3 aromatic heterocycles. The van der Waals surface area contributed by atoms with Gasteiger partial charge < -0.3 is 14.6 Å². The Bertz CT molecular complexity index is 767. The van der Waals surface area contributed by atoms with Gasteiger partial charge in [0.1, 0.15) is 22.9 Å². The highest BCUT2D eigenvalue weighted by atomic mass is 35.5. The van der Waals surface area contributed by atoms with Gasteiger partial charge in [-0.2, -0.15) is 0 Å². The van der Waals surface area contributed by atoms with E-state index in [1.54, 1.807) is 6.07 Å². The molecule has 108 valence electrons. The van der Waals surface area contributed by atoms with Gasteiger partial charge in [-0.1, -0.05) is 11.6 Å². The van der Waals surface area contributed by atoms with Crippen molar-refractivity contribution in [3.63, 3.8) is 0 Å². The van der Waals surface area contributed by atoms with Crippen molar-refractivity contribution in [2.45, 2.75) is 6.54 Å². The van der Waals surface area contributed by atoms with E-state index in [0.29, 0.717) is 17.5 Å². The first-order chi connectivity index (χ1) is 10.1. The molecule has 7 heteroatoms. The number of nitrogens with one attached hydrogen (secondary N) is 1. The van der Waals surface area contributed by atoms with Gasteiger partial charge in [-0.15, -0.1) is 0 Å². The summed E-state index contributed by atoms with van der Waals surface area (Å²) in [5.41, 5.74) is 2.97. The number of hydrogen-bond donors (Lipinski definition) is 1. The lowest BCUT2D eigenvalue weighted by Crippen LogP contribution is -2.09. The minimum Gasteiger partial charge on any atom is -0.376 e. The molecule has 0 aliphatic carbocycles. The lowest BCUT2D eigenvalue weighted by Gasteiger charge is -2.11. The van der Waals surface area contributed by atoms with Gasteiger partial charge in [0.2, 0.25) is 0 Å². The monoisotopic (exact) mass is 302 g/mol. The van der Waals surface area contributed by atoms with Crippen LogP contribution in [0.25, 0.3) is 5.65 Å². The maximum absolute atomic E-state index is 5.82. The van der Waals surface area contributed by atoms with E-state index >= 15 is 0 Å². The van der Waals surface area contributed by atoms with Gasteiger partial charge in [0, 0.05) is 32.6 Å². The van der Waals surface area contributed by atoms with Crippen LogP contribution < -0.4 is 10.2 Å². The highest BCUT2D eigenvalue weighted by molar-refractivity contribution is 6.29. The van der Waals surface area contributed by atoms with Crippen molar-refractivity contribution in [1.29, 1.82) is 0 Å². The fraction of sp³-hybridized carbons (Fsp3) is 0.214. The van der Waals surface area contributed by atoms with Crippen LogP contribution in [0.3, 0.4) is 0 Å². The number of halogens is 1. The number of nitrogens with zero attached hydrogens (tertiary/aromatic N) is 5. The van der Waals surface area contributed by atoms with Crippen molar-refractivity contribution in [1.82, 2.24) is 19.4 Å². The van der Waals surface area contributed by atoms with Gasteiger partial charge in [0.05, 0.1) is 17.9 Å². The number of fused-ring (bicyclic) bond motifs is 1. The zero-order chi connectivity index (χ0) is 14.8. The SMILES string of the molecule is CN(C)c1ccc2nc(CNc3cc(Cl)ncn3)cn2c1. The molecule has 6 nitrogen and oxygen atoms in total. The molecule has 1 N–H and O–H groups in total. The normalized spacial score (nSPS) is 10.8. The smallest absolute Gasteiger partial charge is 0.137 e. The first-order valence-electron chi connectivity index (χ1n) is 6.48. The minimum absolute atomic E-state index is 0.415. The number of pyridine rings is 1. The van der Waals surface area contributed by atoms with Crippen LogP contribution in [0.15, 0.2) is 36.9 Å². The van der Waals surface area contributed by atoms with Crippen molar-refractivity contribution in [3.8, 4) is 0 Å². The van der Waals surface area contributed by atoms with Crippen molar-refractivity contribution in [2.75, 3.05) is 24.3 Å². The van der Waals surface area contributed by atoms with Crippen LogP contribution in [0.1, 0.15) is 5.69 Å². The van der Waals surface area contributed by atoms with Crippen molar-refractivity contribution >= 4 is 28.8 Å². The predicted octanol–water partition coefficient (Wildman–Crippen LogP) is 2.46. The van der Waals surface area contributed by atoms with Crippen LogP contribution in [0.5, 0.6) is 0 Å². The Morgan fingerprint density at radius 2 is 2.10 bits per heavy atom. The average molecular weight is 303 g/mol. The molecular weight excluding hydrogens is 288 g/mol. The van der Waals surface area contributed by atoms with Crippen molar-refractivity contribution in [2.24, 2.45) is 0 Å². The molecule has 0 unspecified atom stereocenters. The first-order valence-corrected chi connectivity index (χ1v) is 6.86. The van der Waals surface area contributed by atoms with E-state index in [4.69, 9.17) is 11.6 Å². The second-order valence-corrected chi connectivity index (χ2v) is 5.25. The Kier molecular flexibility index (Phi) is 3.62. The molecule has 0 spiro atoms. The second kappa shape index (κ2) is 5.57. The zero-order valence-corrected chi connectivity index (χ0v) is 12.5. The summed E-state index contributed by atoms with van der Waals surface area (Å²) in [4.78, 5) is 14.6. The van der Waals surface area contributed by atoms with Crippen LogP contribution in [0.4, 0.5) is 11.5 Å². The molecule has 3 rings (SSSR count). The van der Waals surface area contributed by atoms with E-state index in [2.05, 4.69) is 25.2 Å². The maximum atomic E-state index is 5.82. The quantitative estimate of drug-likeness (QED) is 0.750. The Balaban J connectivity index is 1.78. The van der Waals surface area contributed by atoms with Crippen molar-refractivity contribution < 1.29 is 0 Å². The Morgan fingerprint density at radius 3 is 2.86 bits per heavy atom. The molecule has 0 aliphatic heterocycles. The van der Waals surface area contributed by atoms with E-state index in [-0.39, 0.29) is 0 Å². The Labute approximate surface area is 127 Å². The van der Waals surface area contributed by atoms with Gasteiger partial charge in [0.15, 0.2) is 0 Å². The molecule has 0 radical (unpaired) electrons. The minimum atomic E-state index is 0.415. The third kappa shape index (κ3) is 3.05. The number of aromatic nitrogens is 4. The molecule has 0 atom stereocenters. The Morgan fingerprint density at radius 1 is 1.24 bits per heavy atom. The molecule has 0 saturated heterocycles. The number of anilines is 2. The predicted molar refractivity (Wildman–Crippen MR) is 83.9 cm³/mol. The molecule has 0 bridgehead atoms. The van der Waals surface area contributed by atoms with Gasteiger partial charge in [-0.05, 0) is 12.1 Å². The Hall–Kier alpha value is -2.34. The molecule has 0 amide bonds. The van der Waals surface area contributed by atoms with Gasteiger partial charge in [-0.3, -0.25) is 0 Å². The third-order valence-electron chi connectivity index (χ3n) is 3.09.